The molecular formula is C16H15FN2O2. The fourth-order valence-corrected chi connectivity index (χ4v) is 2.32. The molecule has 0 aliphatic carbocycles. The van der Waals surface area contributed by atoms with E-state index >= 15 is 0 Å². The van der Waals surface area contributed by atoms with Crippen LogP contribution in [-0.4, -0.2) is 12.2 Å². The summed E-state index contributed by atoms with van der Waals surface area (Å²) in [6.07, 6.45) is 1.83. The van der Waals surface area contributed by atoms with Crippen molar-refractivity contribution in [2.75, 3.05) is 7.11 Å². The van der Waals surface area contributed by atoms with E-state index in [-0.39, 0.29) is 17.6 Å². The van der Waals surface area contributed by atoms with Gasteiger partial charge in [0.2, 0.25) is 0 Å². The van der Waals surface area contributed by atoms with Crippen molar-refractivity contribution in [3.63, 3.8) is 0 Å². The molecule has 3 N–H and O–H groups in total. The molecule has 0 saturated heterocycles. The van der Waals surface area contributed by atoms with Gasteiger partial charge in [0, 0.05) is 11.1 Å². The lowest BCUT2D eigenvalue weighted by atomic mass is 10.0. The number of ether oxygens (including phenoxy) is 1. The standard InChI is InChI=1S/C16H15FN2O2/c1-21-10-6-7-16(20)12(8-10)15-9-14(18-19-15)11-4-2-3-5-13(11)17/h2-9,14,18-20H,1H3. The number of methoxy groups -OCH3 is 1. The number of hydrogen-bond acceptors (Lipinski definition) is 4. The Kier molecular flexibility index (Phi) is 3.50. The minimum Gasteiger partial charge on any atom is -0.507 e. The summed E-state index contributed by atoms with van der Waals surface area (Å²) in [5.41, 5.74) is 7.78. The van der Waals surface area contributed by atoms with E-state index in [9.17, 15) is 9.50 Å². The van der Waals surface area contributed by atoms with Crippen LogP contribution >= 0.6 is 0 Å². The molecule has 1 aliphatic rings. The molecule has 0 aromatic heterocycles. The number of hydrazine groups is 1. The number of benzene rings is 2. The molecule has 1 atom stereocenters. The first kappa shape index (κ1) is 13.5. The normalized spacial score (nSPS) is 17.2. The first-order valence-electron chi connectivity index (χ1n) is 6.54. The van der Waals surface area contributed by atoms with E-state index in [0.29, 0.717) is 22.6 Å². The highest BCUT2D eigenvalue weighted by molar-refractivity contribution is 5.72. The van der Waals surface area contributed by atoms with Gasteiger partial charge in [-0.05, 0) is 30.3 Å². The van der Waals surface area contributed by atoms with Gasteiger partial charge in [-0.1, -0.05) is 18.2 Å². The molecule has 108 valence electrons. The monoisotopic (exact) mass is 286 g/mol. The average molecular weight is 286 g/mol. The Bertz CT molecular complexity index is 700. The lowest BCUT2D eigenvalue weighted by molar-refractivity contribution is 0.412. The maximum atomic E-state index is 13.8. The fraction of sp³-hybridized carbons (Fsp3) is 0.125. The number of phenols is 1. The van der Waals surface area contributed by atoms with Crippen LogP contribution in [0.1, 0.15) is 17.2 Å². The van der Waals surface area contributed by atoms with Gasteiger partial charge in [-0.2, -0.15) is 0 Å². The summed E-state index contributed by atoms with van der Waals surface area (Å²) in [7, 11) is 1.56. The minimum atomic E-state index is -0.299. The van der Waals surface area contributed by atoms with Gasteiger partial charge in [-0.25, -0.2) is 9.82 Å². The van der Waals surface area contributed by atoms with Crippen LogP contribution in [0.25, 0.3) is 5.70 Å². The van der Waals surface area contributed by atoms with Crippen LogP contribution in [0.2, 0.25) is 0 Å². The van der Waals surface area contributed by atoms with Gasteiger partial charge in [-0.15, -0.1) is 0 Å². The zero-order valence-electron chi connectivity index (χ0n) is 11.4. The first-order chi connectivity index (χ1) is 10.2. The summed E-state index contributed by atoms with van der Waals surface area (Å²) in [6.45, 7) is 0. The van der Waals surface area contributed by atoms with Gasteiger partial charge in [0.25, 0.3) is 0 Å². The Labute approximate surface area is 121 Å². The summed E-state index contributed by atoms with van der Waals surface area (Å²) in [5.74, 6) is 0.495. The second-order valence-corrected chi connectivity index (χ2v) is 4.73. The number of nitrogens with one attached hydrogen (secondary N) is 2. The van der Waals surface area contributed by atoms with Gasteiger partial charge in [0.05, 0.1) is 18.8 Å². The molecule has 4 nitrogen and oxygen atoms in total. The SMILES string of the molecule is COc1ccc(O)c(C2=CC(c3ccccc3F)NN2)c1. The molecule has 0 bridgehead atoms. The lowest BCUT2D eigenvalue weighted by Gasteiger charge is -2.10. The van der Waals surface area contributed by atoms with Crippen molar-refractivity contribution in [3.8, 4) is 11.5 Å². The molecule has 0 saturated carbocycles. The number of aromatic hydroxyl groups is 1. The third-order valence-electron chi connectivity index (χ3n) is 3.43. The molecule has 3 rings (SSSR count). The van der Waals surface area contributed by atoms with Crippen molar-refractivity contribution in [1.82, 2.24) is 10.9 Å². The highest BCUT2D eigenvalue weighted by Crippen LogP contribution is 2.32. The fourth-order valence-electron chi connectivity index (χ4n) is 2.32. The molecule has 0 amide bonds. The van der Waals surface area contributed by atoms with E-state index in [2.05, 4.69) is 10.9 Å². The summed E-state index contributed by atoms with van der Waals surface area (Å²) in [6, 6.07) is 11.2. The molecule has 1 heterocycles. The number of hydrogen-bond donors (Lipinski definition) is 3. The van der Waals surface area contributed by atoms with Crippen molar-refractivity contribution in [2.24, 2.45) is 0 Å². The largest absolute Gasteiger partial charge is 0.507 e. The summed E-state index contributed by atoms with van der Waals surface area (Å²) < 4.78 is 19.0. The third-order valence-corrected chi connectivity index (χ3v) is 3.43. The smallest absolute Gasteiger partial charge is 0.128 e. The molecular weight excluding hydrogens is 271 g/mol. The lowest BCUT2D eigenvalue weighted by Crippen LogP contribution is -2.26. The van der Waals surface area contributed by atoms with Gasteiger partial charge in [0.1, 0.15) is 17.3 Å². The summed E-state index contributed by atoms with van der Waals surface area (Å²) in [4.78, 5) is 0. The topological polar surface area (TPSA) is 53.5 Å². The van der Waals surface area contributed by atoms with E-state index in [0.717, 1.165) is 0 Å². The van der Waals surface area contributed by atoms with Crippen molar-refractivity contribution in [2.45, 2.75) is 6.04 Å². The van der Waals surface area contributed by atoms with Crippen LogP contribution in [0.4, 0.5) is 4.39 Å². The van der Waals surface area contributed by atoms with E-state index in [1.165, 1.54) is 6.07 Å². The van der Waals surface area contributed by atoms with E-state index in [1.807, 2.05) is 6.08 Å². The van der Waals surface area contributed by atoms with Gasteiger partial charge in [0.15, 0.2) is 0 Å². The van der Waals surface area contributed by atoms with Crippen LogP contribution in [0.15, 0.2) is 48.5 Å². The van der Waals surface area contributed by atoms with Crippen molar-refractivity contribution in [3.05, 3.63) is 65.5 Å². The van der Waals surface area contributed by atoms with Crippen LogP contribution in [0.3, 0.4) is 0 Å². The van der Waals surface area contributed by atoms with Crippen LogP contribution in [0, 0.1) is 5.82 Å². The summed E-state index contributed by atoms with van der Waals surface area (Å²) in [5, 5.41) is 9.96. The maximum Gasteiger partial charge on any atom is 0.128 e. The minimum absolute atomic E-state index is 0.130. The number of halogens is 1. The van der Waals surface area contributed by atoms with E-state index < -0.39 is 0 Å². The third kappa shape index (κ3) is 2.55. The number of rotatable bonds is 3. The maximum absolute atomic E-state index is 13.8. The number of phenolic OH excluding ortho intramolecular Hbond substituents is 1. The molecule has 1 unspecified atom stereocenters. The second-order valence-electron chi connectivity index (χ2n) is 4.73. The predicted octanol–water partition coefficient (Wildman–Crippen LogP) is 2.73. The average Bonchev–Trinajstić information content (AvgIpc) is 2.97. The van der Waals surface area contributed by atoms with Crippen molar-refractivity contribution in [1.29, 1.82) is 0 Å². The molecule has 1 aliphatic heterocycles. The zero-order chi connectivity index (χ0) is 14.8. The second kappa shape index (κ2) is 5.46. The molecule has 5 heteroatoms. The Hall–Kier alpha value is -2.53. The highest BCUT2D eigenvalue weighted by atomic mass is 19.1. The first-order valence-corrected chi connectivity index (χ1v) is 6.54. The quantitative estimate of drug-likeness (QED) is 0.812. The molecule has 2 aromatic carbocycles. The Morgan fingerprint density at radius 1 is 1.19 bits per heavy atom. The zero-order valence-corrected chi connectivity index (χ0v) is 11.4. The van der Waals surface area contributed by atoms with E-state index in [4.69, 9.17) is 4.74 Å². The molecule has 0 radical (unpaired) electrons. The Balaban J connectivity index is 1.95. The summed E-state index contributed by atoms with van der Waals surface area (Å²) >= 11 is 0. The van der Waals surface area contributed by atoms with Crippen LogP contribution in [-0.2, 0) is 0 Å². The Morgan fingerprint density at radius 2 is 2.00 bits per heavy atom. The van der Waals surface area contributed by atoms with Gasteiger partial charge < -0.3 is 15.3 Å². The van der Waals surface area contributed by atoms with Crippen LogP contribution in [0.5, 0.6) is 11.5 Å². The predicted molar refractivity (Wildman–Crippen MR) is 78.0 cm³/mol. The Morgan fingerprint density at radius 3 is 2.76 bits per heavy atom. The van der Waals surface area contributed by atoms with Gasteiger partial charge >= 0.3 is 0 Å². The molecule has 0 spiro atoms. The van der Waals surface area contributed by atoms with Crippen molar-refractivity contribution >= 4 is 5.70 Å². The molecule has 2 aromatic rings. The van der Waals surface area contributed by atoms with Crippen LogP contribution < -0.4 is 15.6 Å². The molecule has 0 fully saturated rings. The molecule has 21 heavy (non-hydrogen) atoms. The highest BCUT2D eigenvalue weighted by Gasteiger charge is 2.21. The van der Waals surface area contributed by atoms with E-state index in [1.54, 1.807) is 43.5 Å². The van der Waals surface area contributed by atoms with Gasteiger partial charge in [-0.3, -0.25) is 0 Å². The van der Waals surface area contributed by atoms with Crippen molar-refractivity contribution < 1.29 is 14.2 Å².